The Kier molecular flexibility index (Phi) is 6.91. The first-order valence-electron chi connectivity index (χ1n) is 10.8. The number of phenolic OH excluding ortho intramolecular Hbond substituents is 1. The number of nitrogens with one attached hydrogen (secondary N) is 1. The van der Waals surface area contributed by atoms with Crippen LogP contribution in [0.1, 0.15) is 16.8 Å². The minimum absolute atomic E-state index is 0.0707. The van der Waals surface area contributed by atoms with Crippen LogP contribution in [-0.2, 0) is 12.8 Å². The van der Waals surface area contributed by atoms with Gasteiger partial charge in [-0.15, -0.1) is 0 Å². The molecule has 0 saturated carbocycles. The highest BCUT2D eigenvalue weighted by Gasteiger charge is 2.38. The van der Waals surface area contributed by atoms with Gasteiger partial charge >= 0.3 is 6.18 Å². The maximum absolute atomic E-state index is 13.8. The Labute approximate surface area is 205 Å². The zero-order chi connectivity index (χ0) is 25.9. The van der Waals surface area contributed by atoms with Crippen LogP contribution in [0.15, 0.2) is 67.2 Å². The lowest BCUT2D eigenvalue weighted by atomic mass is 9.97. The van der Waals surface area contributed by atoms with E-state index in [0.29, 0.717) is 11.5 Å². The van der Waals surface area contributed by atoms with Gasteiger partial charge in [-0.05, 0) is 41.0 Å². The van der Waals surface area contributed by atoms with Gasteiger partial charge in [-0.1, -0.05) is 43.0 Å². The number of alkyl halides is 3. The molecule has 0 bridgehead atoms. The van der Waals surface area contributed by atoms with Crippen LogP contribution in [0.4, 0.5) is 13.2 Å². The summed E-state index contributed by atoms with van der Waals surface area (Å²) in [4.78, 5) is 0. The molecule has 186 valence electrons. The van der Waals surface area contributed by atoms with E-state index in [1.807, 2.05) is 24.3 Å². The van der Waals surface area contributed by atoms with E-state index < -0.39 is 11.9 Å². The Hall–Kier alpha value is -4.40. The standard InChI is InChI=1S/C27H23F3N2O4/c1-4-16-5-7-17(8-6-16)15-36-19-10-11-20(21(33)14-19)25-24(26(32-31-25)27(28,29)30)18-9-12-22(34-2)23(13-18)35-3/h4-14,33H,1,15H2,2-3H3,(H,31,32). The van der Waals surface area contributed by atoms with E-state index in [2.05, 4.69) is 16.8 Å². The number of halogens is 3. The molecule has 0 amide bonds. The molecule has 0 aliphatic rings. The molecule has 1 heterocycles. The smallest absolute Gasteiger partial charge is 0.433 e. The summed E-state index contributed by atoms with van der Waals surface area (Å²) in [5.74, 6) is 0.687. The number of benzene rings is 3. The molecule has 6 nitrogen and oxygen atoms in total. The lowest BCUT2D eigenvalue weighted by Crippen LogP contribution is -2.07. The van der Waals surface area contributed by atoms with Gasteiger partial charge < -0.3 is 19.3 Å². The lowest BCUT2D eigenvalue weighted by molar-refractivity contribution is -0.140. The van der Waals surface area contributed by atoms with Crippen molar-refractivity contribution in [3.63, 3.8) is 0 Å². The predicted octanol–water partition coefficient (Wildman–Crippen LogP) is 6.71. The van der Waals surface area contributed by atoms with Gasteiger partial charge in [0, 0.05) is 17.2 Å². The molecule has 0 aliphatic carbocycles. The average molecular weight is 496 g/mol. The fourth-order valence-electron chi connectivity index (χ4n) is 3.73. The van der Waals surface area contributed by atoms with Crippen LogP contribution in [0.3, 0.4) is 0 Å². The van der Waals surface area contributed by atoms with Gasteiger partial charge in [0.25, 0.3) is 0 Å². The van der Waals surface area contributed by atoms with Crippen LogP contribution in [0.2, 0.25) is 0 Å². The van der Waals surface area contributed by atoms with Crippen molar-refractivity contribution in [1.29, 1.82) is 0 Å². The van der Waals surface area contributed by atoms with Crippen molar-refractivity contribution >= 4 is 6.08 Å². The molecule has 0 radical (unpaired) electrons. The number of rotatable bonds is 8. The van der Waals surface area contributed by atoms with Crippen LogP contribution in [-0.4, -0.2) is 29.5 Å². The third kappa shape index (κ3) is 5.00. The first-order valence-corrected chi connectivity index (χ1v) is 10.8. The van der Waals surface area contributed by atoms with E-state index in [9.17, 15) is 18.3 Å². The largest absolute Gasteiger partial charge is 0.507 e. The van der Waals surface area contributed by atoms with Crippen LogP contribution in [0.25, 0.3) is 28.5 Å². The highest BCUT2D eigenvalue weighted by atomic mass is 19.4. The van der Waals surface area contributed by atoms with Gasteiger partial charge in [-0.2, -0.15) is 18.3 Å². The molecule has 0 atom stereocenters. The highest BCUT2D eigenvalue weighted by Crippen LogP contribution is 2.45. The van der Waals surface area contributed by atoms with E-state index in [4.69, 9.17) is 14.2 Å². The maximum Gasteiger partial charge on any atom is 0.433 e. The van der Waals surface area contributed by atoms with Crippen LogP contribution in [0.5, 0.6) is 23.0 Å². The summed E-state index contributed by atoms with van der Waals surface area (Å²) in [5, 5.41) is 16.7. The second-order valence-corrected chi connectivity index (χ2v) is 7.80. The van der Waals surface area contributed by atoms with E-state index in [-0.39, 0.29) is 40.5 Å². The van der Waals surface area contributed by atoms with Crippen molar-refractivity contribution in [3.8, 4) is 45.4 Å². The normalized spacial score (nSPS) is 11.2. The Morgan fingerprint density at radius 3 is 2.31 bits per heavy atom. The highest BCUT2D eigenvalue weighted by molar-refractivity contribution is 5.86. The number of ether oxygens (including phenoxy) is 3. The van der Waals surface area contributed by atoms with Gasteiger partial charge in [-0.25, -0.2) is 0 Å². The SMILES string of the molecule is C=Cc1ccc(COc2ccc(-c3n[nH]c(C(F)(F)F)c3-c3ccc(OC)c(OC)c3)c(O)c2)cc1. The van der Waals surface area contributed by atoms with Crippen molar-refractivity contribution < 1.29 is 32.5 Å². The van der Waals surface area contributed by atoms with Crippen molar-refractivity contribution in [3.05, 3.63) is 84.1 Å². The van der Waals surface area contributed by atoms with E-state index >= 15 is 0 Å². The summed E-state index contributed by atoms with van der Waals surface area (Å²) in [6.45, 7) is 3.96. The molecule has 0 aliphatic heterocycles. The Morgan fingerprint density at radius 2 is 1.69 bits per heavy atom. The Morgan fingerprint density at radius 1 is 0.972 bits per heavy atom. The monoisotopic (exact) mass is 496 g/mol. The molecule has 3 aromatic carbocycles. The van der Waals surface area contributed by atoms with Crippen molar-refractivity contribution in [1.82, 2.24) is 10.2 Å². The van der Waals surface area contributed by atoms with Crippen molar-refractivity contribution in [2.75, 3.05) is 14.2 Å². The number of aromatic nitrogens is 2. The minimum atomic E-state index is -4.71. The van der Waals surface area contributed by atoms with Gasteiger partial charge in [0.15, 0.2) is 11.5 Å². The lowest BCUT2D eigenvalue weighted by Gasteiger charge is -2.13. The number of aromatic hydroxyl groups is 1. The molecule has 0 spiro atoms. The maximum atomic E-state index is 13.8. The molecule has 2 N–H and O–H groups in total. The summed E-state index contributed by atoms with van der Waals surface area (Å²) in [6, 6.07) is 16.4. The van der Waals surface area contributed by atoms with Crippen molar-refractivity contribution in [2.24, 2.45) is 0 Å². The van der Waals surface area contributed by atoms with E-state index in [1.165, 1.54) is 44.6 Å². The van der Waals surface area contributed by atoms with Gasteiger partial charge in [0.05, 0.1) is 14.2 Å². The molecule has 0 fully saturated rings. The zero-order valence-corrected chi connectivity index (χ0v) is 19.5. The minimum Gasteiger partial charge on any atom is -0.507 e. The third-order valence-corrected chi connectivity index (χ3v) is 5.57. The fraction of sp³-hybridized carbons (Fsp3) is 0.148. The second kappa shape index (κ2) is 10.1. The predicted molar refractivity (Wildman–Crippen MR) is 130 cm³/mol. The molecule has 4 rings (SSSR count). The fourth-order valence-corrected chi connectivity index (χ4v) is 3.73. The van der Waals surface area contributed by atoms with E-state index in [0.717, 1.165) is 11.1 Å². The van der Waals surface area contributed by atoms with Gasteiger partial charge in [-0.3, -0.25) is 5.10 Å². The summed E-state index contributed by atoms with van der Waals surface area (Å²) in [6.07, 6.45) is -2.98. The van der Waals surface area contributed by atoms with Crippen molar-refractivity contribution in [2.45, 2.75) is 12.8 Å². The molecule has 36 heavy (non-hydrogen) atoms. The molecule has 0 unspecified atom stereocenters. The van der Waals surface area contributed by atoms with Crippen LogP contribution < -0.4 is 14.2 Å². The molecule has 0 saturated heterocycles. The number of hydrogen-bond donors (Lipinski definition) is 2. The van der Waals surface area contributed by atoms with Gasteiger partial charge in [0.1, 0.15) is 29.5 Å². The molecule has 9 heteroatoms. The van der Waals surface area contributed by atoms with Gasteiger partial charge in [0.2, 0.25) is 0 Å². The summed E-state index contributed by atoms with van der Waals surface area (Å²) in [5.41, 5.74) is 0.826. The third-order valence-electron chi connectivity index (χ3n) is 5.57. The topological polar surface area (TPSA) is 76.6 Å². The first-order chi connectivity index (χ1) is 17.2. The number of methoxy groups -OCH3 is 2. The zero-order valence-electron chi connectivity index (χ0n) is 19.5. The Bertz CT molecular complexity index is 1380. The molecular formula is C27H23F3N2O4. The molecular weight excluding hydrogens is 473 g/mol. The number of hydrogen-bond acceptors (Lipinski definition) is 5. The van der Waals surface area contributed by atoms with Crippen LogP contribution in [0, 0.1) is 0 Å². The second-order valence-electron chi connectivity index (χ2n) is 7.80. The average Bonchev–Trinajstić information content (AvgIpc) is 3.33. The summed E-state index contributed by atoms with van der Waals surface area (Å²) >= 11 is 0. The summed E-state index contributed by atoms with van der Waals surface area (Å²) < 4.78 is 57.7. The summed E-state index contributed by atoms with van der Waals surface area (Å²) in [7, 11) is 2.82. The number of aromatic amines is 1. The Balaban J connectivity index is 1.69. The molecule has 4 aromatic rings. The first kappa shape index (κ1) is 24.7. The molecule has 1 aromatic heterocycles. The quantitative estimate of drug-likeness (QED) is 0.284. The van der Waals surface area contributed by atoms with E-state index in [1.54, 1.807) is 12.1 Å². The number of H-pyrrole nitrogens is 1. The van der Waals surface area contributed by atoms with Crippen LogP contribution >= 0.6 is 0 Å². The number of phenols is 1. The number of nitrogens with zero attached hydrogens (tertiary/aromatic N) is 1.